The Morgan fingerprint density at radius 1 is 1.33 bits per heavy atom. The lowest BCUT2D eigenvalue weighted by atomic mass is 9.73. The van der Waals surface area contributed by atoms with E-state index in [0.29, 0.717) is 12.0 Å². The van der Waals surface area contributed by atoms with Crippen LogP contribution in [0.3, 0.4) is 0 Å². The Hall–Kier alpha value is -1.91. The summed E-state index contributed by atoms with van der Waals surface area (Å²) in [5.74, 6) is -1.76. The van der Waals surface area contributed by atoms with Gasteiger partial charge in [-0.2, -0.15) is 0 Å². The molecule has 0 heterocycles. The normalized spacial score (nSPS) is 25.3. The molecule has 2 N–H and O–H groups in total. The third-order valence-electron chi connectivity index (χ3n) is 4.32. The van der Waals surface area contributed by atoms with Crippen molar-refractivity contribution in [2.75, 3.05) is 0 Å². The third kappa shape index (κ3) is 3.40. The number of hydrogen-bond donors (Lipinski definition) is 2. The molecule has 114 valence electrons. The molecule has 1 amide bonds. The monoisotopic (exact) mass is 293 g/mol. The van der Waals surface area contributed by atoms with E-state index >= 15 is 0 Å². The van der Waals surface area contributed by atoms with Crippen LogP contribution in [-0.2, 0) is 16.0 Å². The van der Waals surface area contributed by atoms with E-state index < -0.39 is 11.5 Å². The predicted octanol–water partition coefficient (Wildman–Crippen LogP) is 2.52. The van der Waals surface area contributed by atoms with Crippen LogP contribution in [0, 0.1) is 11.7 Å². The molecule has 0 aromatic heterocycles. The van der Waals surface area contributed by atoms with Crippen LogP contribution in [0.4, 0.5) is 4.39 Å². The summed E-state index contributed by atoms with van der Waals surface area (Å²) in [5.41, 5.74) is -0.507. The van der Waals surface area contributed by atoms with E-state index in [-0.39, 0.29) is 24.1 Å². The van der Waals surface area contributed by atoms with Gasteiger partial charge >= 0.3 is 5.97 Å². The molecule has 5 heteroatoms. The Labute approximate surface area is 123 Å². The summed E-state index contributed by atoms with van der Waals surface area (Å²) in [6.07, 6.45) is 3.10. The Kier molecular flexibility index (Phi) is 4.60. The number of carboxylic acids is 1. The van der Waals surface area contributed by atoms with Crippen LogP contribution in [0.2, 0.25) is 0 Å². The second kappa shape index (κ2) is 6.24. The molecule has 4 nitrogen and oxygen atoms in total. The number of carbonyl (C=O) groups excluding carboxylic acids is 1. The zero-order valence-corrected chi connectivity index (χ0v) is 12.1. The van der Waals surface area contributed by atoms with Crippen molar-refractivity contribution < 1.29 is 19.1 Å². The molecule has 2 atom stereocenters. The number of rotatable bonds is 4. The second-order valence-electron chi connectivity index (χ2n) is 5.77. The van der Waals surface area contributed by atoms with E-state index in [1.165, 1.54) is 24.3 Å². The smallest absolute Gasteiger partial charge is 0.329 e. The molecule has 1 fully saturated rings. The van der Waals surface area contributed by atoms with Crippen molar-refractivity contribution in [2.45, 2.75) is 44.6 Å². The van der Waals surface area contributed by atoms with Gasteiger partial charge in [0.05, 0.1) is 6.42 Å². The lowest BCUT2D eigenvalue weighted by molar-refractivity contribution is -0.151. The fourth-order valence-corrected chi connectivity index (χ4v) is 2.98. The molecule has 1 aliphatic carbocycles. The summed E-state index contributed by atoms with van der Waals surface area (Å²) in [4.78, 5) is 23.8. The molecule has 0 spiro atoms. The van der Waals surface area contributed by atoms with Gasteiger partial charge in [-0.25, -0.2) is 9.18 Å². The van der Waals surface area contributed by atoms with Crippen LogP contribution in [0.25, 0.3) is 0 Å². The van der Waals surface area contributed by atoms with Gasteiger partial charge < -0.3 is 10.4 Å². The Morgan fingerprint density at radius 2 is 2.00 bits per heavy atom. The molecule has 0 bridgehead atoms. The van der Waals surface area contributed by atoms with Crippen molar-refractivity contribution in [1.29, 1.82) is 0 Å². The number of aliphatic carboxylic acids is 1. The average Bonchev–Trinajstić information content (AvgIpc) is 2.44. The van der Waals surface area contributed by atoms with E-state index in [0.717, 1.165) is 19.3 Å². The van der Waals surface area contributed by atoms with E-state index in [4.69, 9.17) is 0 Å². The van der Waals surface area contributed by atoms with Gasteiger partial charge in [0, 0.05) is 0 Å². The highest BCUT2D eigenvalue weighted by molar-refractivity contribution is 5.88. The van der Waals surface area contributed by atoms with Crippen molar-refractivity contribution in [2.24, 2.45) is 5.92 Å². The minimum absolute atomic E-state index is 0.0576. The van der Waals surface area contributed by atoms with Gasteiger partial charge in [0.2, 0.25) is 5.91 Å². The summed E-state index contributed by atoms with van der Waals surface area (Å²) < 4.78 is 12.8. The first-order valence-corrected chi connectivity index (χ1v) is 7.23. The largest absolute Gasteiger partial charge is 0.479 e. The Bertz CT molecular complexity index is 529. The minimum Gasteiger partial charge on any atom is -0.479 e. The molecule has 1 aliphatic rings. The topological polar surface area (TPSA) is 66.4 Å². The van der Waals surface area contributed by atoms with Crippen molar-refractivity contribution in [1.82, 2.24) is 5.32 Å². The second-order valence-corrected chi connectivity index (χ2v) is 5.77. The van der Waals surface area contributed by atoms with Crippen LogP contribution in [0.1, 0.15) is 38.2 Å². The highest BCUT2D eigenvalue weighted by Gasteiger charge is 2.46. The van der Waals surface area contributed by atoms with Crippen molar-refractivity contribution in [3.63, 3.8) is 0 Å². The maximum absolute atomic E-state index is 12.8. The van der Waals surface area contributed by atoms with E-state index in [2.05, 4.69) is 5.32 Å². The minimum atomic E-state index is -1.17. The number of hydrogen-bond acceptors (Lipinski definition) is 2. The highest BCUT2D eigenvalue weighted by atomic mass is 19.1. The number of amides is 1. The first kappa shape index (κ1) is 15.5. The van der Waals surface area contributed by atoms with Crippen molar-refractivity contribution in [3.8, 4) is 0 Å². The maximum Gasteiger partial charge on any atom is 0.329 e. The fourth-order valence-electron chi connectivity index (χ4n) is 2.98. The number of carbonyl (C=O) groups is 2. The molecule has 1 saturated carbocycles. The summed E-state index contributed by atoms with van der Waals surface area (Å²) in [6.45, 7) is 1.87. The molecule has 0 saturated heterocycles. The van der Waals surface area contributed by atoms with E-state index in [9.17, 15) is 19.1 Å². The summed E-state index contributed by atoms with van der Waals surface area (Å²) in [6, 6.07) is 5.65. The number of carboxylic acid groups (broad SMARTS) is 1. The quantitative estimate of drug-likeness (QED) is 0.896. The highest BCUT2D eigenvalue weighted by Crippen LogP contribution is 2.34. The standard InChI is InChI=1S/C16H20FNO3/c1-11-4-2-3-9-16(11,15(20)21)18-14(19)10-12-5-7-13(17)8-6-12/h5-8,11H,2-4,9-10H2,1H3,(H,18,19)(H,20,21). The average molecular weight is 293 g/mol. The summed E-state index contributed by atoms with van der Waals surface area (Å²) >= 11 is 0. The van der Waals surface area contributed by atoms with Crippen LogP contribution in [0.15, 0.2) is 24.3 Å². The van der Waals surface area contributed by atoms with Gasteiger partial charge in [-0.05, 0) is 36.5 Å². The zero-order valence-electron chi connectivity index (χ0n) is 12.1. The molecule has 21 heavy (non-hydrogen) atoms. The first-order chi connectivity index (χ1) is 9.94. The lowest BCUT2D eigenvalue weighted by Gasteiger charge is -2.39. The van der Waals surface area contributed by atoms with Gasteiger partial charge in [0.15, 0.2) is 0 Å². The molecule has 2 unspecified atom stereocenters. The van der Waals surface area contributed by atoms with Crippen LogP contribution in [-0.4, -0.2) is 22.5 Å². The van der Waals surface area contributed by atoms with Crippen molar-refractivity contribution >= 4 is 11.9 Å². The number of benzene rings is 1. The van der Waals surface area contributed by atoms with Crippen LogP contribution in [0.5, 0.6) is 0 Å². The number of nitrogens with one attached hydrogen (secondary N) is 1. The molecule has 1 aromatic carbocycles. The number of halogens is 1. The van der Waals surface area contributed by atoms with Gasteiger partial charge in [0.25, 0.3) is 0 Å². The van der Waals surface area contributed by atoms with Gasteiger partial charge in [0.1, 0.15) is 11.4 Å². The van der Waals surface area contributed by atoms with Gasteiger partial charge in [-0.1, -0.05) is 31.9 Å². The van der Waals surface area contributed by atoms with Gasteiger partial charge in [-0.3, -0.25) is 4.79 Å². The predicted molar refractivity (Wildman–Crippen MR) is 76.2 cm³/mol. The lowest BCUT2D eigenvalue weighted by Crippen LogP contribution is -2.60. The summed E-state index contributed by atoms with van der Waals surface area (Å²) in [7, 11) is 0. The van der Waals surface area contributed by atoms with E-state index in [1.54, 1.807) is 0 Å². The molecule has 0 radical (unpaired) electrons. The SMILES string of the molecule is CC1CCCCC1(NC(=O)Cc1ccc(F)cc1)C(=O)O. The molecule has 1 aromatic rings. The first-order valence-electron chi connectivity index (χ1n) is 7.23. The fraction of sp³-hybridized carbons (Fsp3) is 0.500. The molecule has 2 rings (SSSR count). The Balaban J connectivity index is 2.08. The maximum atomic E-state index is 12.8. The zero-order chi connectivity index (χ0) is 15.5. The van der Waals surface area contributed by atoms with Crippen molar-refractivity contribution in [3.05, 3.63) is 35.6 Å². The van der Waals surface area contributed by atoms with E-state index in [1.807, 2.05) is 6.92 Å². The molecular weight excluding hydrogens is 273 g/mol. The Morgan fingerprint density at radius 3 is 2.57 bits per heavy atom. The van der Waals surface area contributed by atoms with Crippen LogP contribution < -0.4 is 5.32 Å². The van der Waals surface area contributed by atoms with Gasteiger partial charge in [-0.15, -0.1) is 0 Å². The third-order valence-corrected chi connectivity index (χ3v) is 4.32. The molecule has 0 aliphatic heterocycles. The summed E-state index contributed by atoms with van der Waals surface area (Å²) in [5, 5.41) is 12.3. The molecular formula is C16H20FNO3. The van der Waals surface area contributed by atoms with Crippen LogP contribution >= 0.6 is 0 Å².